The van der Waals surface area contributed by atoms with Crippen molar-refractivity contribution < 1.29 is 19.2 Å². The molecule has 1 aliphatic heterocycles. The molecule has 0 spiro atoms. The Labute approximate surface area is 151 Å². The van der Waals surface area contributed by atoms with Crippen LogP contribution in [-0.2, 0) is 0 Å². The number of fused-ring (bicyclic) bond motifs is 1. The molecule has 26 heavy (non-hydrogen) atoms. The van der Waals surface area contributed by atoms with Crippen molar-refractivity contribution in [2.75, 3.05) is 7.11 Å². The Morgan fingerprint density at radius 2 is 2.08 bits per heavy atom. The van der Waals surface area contributed by atoms with Crippen LogP contribution in [-0.4, -0.2) is 23.5 Å². The molecule has 136 valence electrons. The van der Waals surface area contributed by atoms with Crippen LogP contribution in [0, 0.1) is 10.1 Å². The summed E-state index contributed by atoms with van der Waals surface area (Å²) >= 11 is 0. The second kappa shape index (κ2) is 6.67. The predicted molar refractivity (Wildman–Crippen MR) is 95.6 cm³/mol. The molecular weight excluding hydrogens is 336 g/mol. The Morgan fingerprint density at radius 1 is 1.31 bits per heavy atom. The highest BCUT2D eigenvalue weighted by Crippen LogP contribution is 2.41. The molecule has 1 amide bonds. The summed E-state index contributed by atoms with van der Waals surface area (Å²) in [5, 5.41) is 13.9. The number of amides is 1. The average Bonchev–Trinajstić information content (AvgIpc) is 2.60. The lowest BCUT2D eigenvalue weighted by molar-refractivity contribution is -0.384. The molecule has 7 heteroatoms. The topological polar surface area (TPSA) is 90.7 Å². The van der Waals surface area contributed by atoms with Crippen LogP contribution < -0.4 is 14.8 Å². The molecule has 0 radical (unpaired) electrons. The van der Waals surface area contributed by atoms with Crippen LogP contribution in [0.3, 0.4) is 0 Å². The Kier molecular flexibility index (Phi) is 4.54. The fourth-order valence-corrected chi connectivity index (χ4v) is 3.09. The van der Waals surface area contributed by atoms with Gasteiger partial charge in [-0.1, -0.05) is 6.07 Å². The Hall–Kier alpha value is -3.09. The first-order valence-corrected chi connectivity index (χ1v) is 8.21. The highest BCUT2D eigenvalue weighted by molar-refractivity contribution is 5.95. The Bertz CT molecular complexity index is 863. The van der Waals surface area contributed by atoms with E-state index in [0.29, 0.717) is 17.9 Å². The van der Waals surface area contributed by atoms with Crippen molar-refractivity contribution in [2.45, 2.75) is 31.9 Å². The van der Waals surface area contributed by atoms with Crippen molar-refractivity contribution in [1.82, 2.24) is 5.32 Å². The van der Waals surface area contributed by atoms with E-state index in [4.69, 9.17) is 9.47 Å². The fraction of sp³-hybridized carbons (Fsp3) is 0.316. The number of methoxy groups -OCH3 is 1. The largest absolute Gasteiger partial charge is 0.497 e. The Morgan fingerprint density at radius 3 is 2.77 bits per heavy atom. The smallest absolute Gasteiger partial charge is 0.270 e. The summed E-state index contributed by atoms with van der Waals surface area (Å²) in [6, 6.07) is 10.8. The minimum absolute atomic E-state index is 0.118. The van der Waals surface area contributed by atoms with Gasteiger partial charge in [-0.2, -0.15) is 0 Å². The highest BCUT2D eigenvalue weighted by Gasteiger charge is 2.35. The van der Waals surface area contributed by atoms with Gasteiger partial charge in [0.1, 0.15) is 17.1 Å². The minimum atomic E-state index is -0.519. The van der Waals surface area contributed by atoms with Crippen LogP contribution in [0.5, 0.6) is 11.5 Å². The summed E-state index contributed by atoms with van der Waals surface area (Å²) in [7, 11) is 1.58. The van der Waals surface area contributed by atoms with Crippen molar-refractivity contribution in [3.8, 4) is 11.5 Å². The number of carbonyl (C=O) groups excluding carboxylic acids is 1. The van der Waals surface area contributed by atoms with Crippen LogP contribution in [0.2, 0.25) is 0 Å². The van der Waals surface area contributed by atoms with Crippen LogP contribution in [0.25, 0.3) is 0 Å². The molecule has 0 aromatic heterocycles. The number of rotatable bonds is 4. The van der Waals surface area contributed by atoms with Crippen LogP contribution in [0.1, 0.15) is 42.2 Å². The second-order valence-electron chi connectivity index (χ2n) is 6.80. The third-order valence-electron chi connectivity index (χ3n) is 4.30. The van der Waals surface area contributed by atoms with Gasteiger partial charge in [-0.15, -0.1) is 0 Å². The van der Waals surface area contributed by atoms with Gasteiger partial charge < -0.3 is 14.8 Å². The first-order chi connectivity index (χ1) is 12.3. The number of ether oxygens (including phenoxy) is 2. The molecule has 1 aliphatic rings. The van der Waals surface area contributed by atoms with Crippen LogP contribution in [0.15, 0.2) is 42.5 Å². The molecule has 2 aromatic rings. The number of carbonyl (C=O) groups is 1. The molecule has 0 saturated heterocycles. The zero-order valence-corrected chi connectivity index (χ0v) is 14.8. The molecule has 3 rings (SSSR count). The lowest BCUT2D eigenvalue weighted by Gasteiger charge is -2.38. The van der Waals surface area contributed by atoms with E-state index in [1.165, 1.54) is 18.2 Å². The molecule has 1 N–H and O–H groups in total. The summed E-state index contributed by atoms with van der Waals surface area (Å²) in [4.78, 5) is 23.1. The third-order valence-corrected chi connectivity index (χ3v) is 4.30. The second-order valence-corrected chi connectivity index (χ2v) is 6.80. The molecule has 1 heterocycles. The van der Waals surface area contributed by atoms with E-state index in [1.54, 1.807) is 19.2 Å². The molecule has 1 atom stereocenters. The van der Waals surface area contributed by atoms with Crippen LogP contribution >= 0.6 is 0 Å². The zero-order valence-electron chi connectivity index (χ0n) is 14.8. The minimum Gasteiger partial charge on any atom is -0.497 e. The maximum Gasteiger partial charge on any atom is 0.270 e. The Balaban J connectivity index is 1.90. The molecule has 2 aromatic carbocycles. The lowest BCUT2D eigenvalue weighted by Crippen LogP contribution is -2.41. The average molecular weight is 356 g/mol. The summed E-state index contributed by atoms with van der Waals surface area (Å²) < 4.78 is 11.3. The van der Waals surface area contributed by atoms with E-state index >= 15 is 0 Å². The van der Waals surface area contributed by atoms with Crippen molar-refractivity contribution in [3.63, 3.8) is 0 Å². The molecule has 0 aliphatic carbocycles. The van der Waals surface area contributed by atoms with E-state index in [9.17, 15) is 14.9 Å². The first-order valence-electron chi connectivity index (χ1n) is 8.21. The molecule has 0 saturated carbocycles. The maximum atomic E-state index is 12.7. The third kappa shape index (κ3) is 3.61. The van der Waals surface area contributed by atoms with Crippen molar-refractivity contribution >= 4 is 11.6 Å². The van der Waals surface area contributed by atoms with Crippen LogP contribution in [0.4, 0.5) is 5.69 Å². The van der Waals surface area contributed by atoms with E-state index in [0.717, 1.165) is 5.56 Å². The van der Waals surface area contributed by atoms with E-state index in [2.05, 4.69) is 5.32 Å². The number of hydrogen-bond donors (Lipinski definition) is 1. The van der Waals surface area contributed by atoms with Crippen molar-refractivity contribution in [3.05, 3.63) is 63.7 Å². The van der Waals surface area contributed by atoms with Gasteiger partial charge in [-0.3, -0.25) is 14.9 Å². The predicted octanol–water partition coefficient (Wildman–Crippen LogP) is 3.64. The number of nitro benzene ring substituents is 1. The molecule has 7 nitrogen and oxygen atoms in total. The summed E-state index contributed by atoms with van der Waals surface area (Å²) in [5.74, 6) is 0.984. The zero-order chi connectivity index (χ0) is 18.9. The van der Waals surface area contributed by atoms with Crippen molar-refractivity contribution in [1.29, 1.82) is 0 Å². The van der Waals surface area contributed by atoms with Gasteiger partial charge in [0.15, 0.2) is 0 Å². The highest BCUT2D eigenvalue weighted by atomic mass is 16.6. The summed E-state index contributed by atoms with van der Waals surface area (Å²) in [6.07, 6.45) is 0.563. The van der Waals surface area contributed by atoms with Gasteiger partial charge in [-0.05, 0) is 38.1 Å². The number of nitro groups is 1. The standard InChI is InChI=1S/C19H20N2O5/c1-19(2)11-16(15-10-14(25-3)7-8-17(15)26-19)20-18(22)12-5-4-6-13(9-12)21(23)24/h4-10,16H,11H2,1-3H3,(H,20,22). The van der Waals surface area contributed by atoms with Gasteiger partial charge in [0.2, 0.25) is 0 Å². The normalized spacial score (nSPS) is 17.6. The lowest BCUT2D eigenvalue weighted by atomic mass is 9.89. The number of benzene rings is 2. The maximum absolute atomic E-state index is 12.7. The quantitative estimate of drug-likeness (QED) is 0.667. The number of nitrogens with zero attached hydrogens (tertiary/aromatic N) is 1. The van der Waals surface area contributed by atoms with Crippen molar-refractivity contribution in [2.24, 2.45) is 0 Å². The molecule has 0 bridgehead atoms. The van der Waals surface area contributed by atoms with Gasteiger partial charge in [0.05, 0.1) is 18.1 Å². The monoisotopic (exact) mass is 356 g/mol. The number of nitrogens with one attached hydrogen (secondary N) is 1. The summed E-state index contributed by atoms with van der Waals surface area (Å²) in [5.41, 5.74) is 0.491. The molecule has 0 fully saturated rings. The van der Waals surface area contributed by atoms with Gasteiger partial charge in [0, 0.05) is 29.7 Å². The first kappa shape index (κ1) is 17.7. The number of non-ortho nitro benzene ring substituents is 1. The van der Waals surface area contributed by atoms with Gasteiger partial charge in [-0.25, -0.2) is 0 Å². The fourth-order valence-electron chi connectivity index (χ4n) is 3.09. The number of hydrogen-bond acceptors (Lipinski definition) is 5. The van der Waals surface area contributed by atoms with E-state index in [-0.39, 0.29) is 23.2 Å². The van der Waals surface area contributed by atoms with E-state index < -0.39 is 10.5 Å². The molecular formula is C19H20N2O5. The summed E-state index contributed by atoms with van der Waals surface area (Å²) in [6.45, 7) is 3.90. The molecule has 1 unspecified atom stereocenters. The SMILES string of the molecule is COc1ccc2c(c1)C(NC(=O)c1cccc([N+](=O)[O-])c1)CC(C)(C)O2. The van der Waals surface area contributed by atoms with Gasteiger partial charge >= 0.3 is 0 Å². The van der Waals surface area contributed by atoms with Gasteiger partial charge in [0.25, 0.3) is 11.6 Å². The van der Waals surface area contributed by atoms with E-state index in [1.807, 2.05) is 26.0 Å².